The molecule has 0 aromatic carbocycles. The molecule has 9 nitrogen and oxygen atoms in total. The normalized spacial score (nSPS) is 13.0. The van der Waals surface area contributed by atoms with Gasteiger partial charge in [0.25, 0.3) is 0 Å². The lowest BCUT2D eigenvalue weighted by Gasteiger charge is -2.38. The van der Waals surface area contributed by atoms with Gasteiger partial charge in [0.1, 0.15) is 12.3 Å². The summed E-state index contributed by atoms with van der Waals surface area (Å²) in [6.07, 6.45) is 42.8. The van der Waals surface area contributed by atoms with E-state index in [9.17, 15) is 19.5 Å². The van der Waals surface area contributed by atoms with Crippen LogP contribution in [-0.2, 0) is 23.9 Å². The number of carbonyl (C=O) groups is 3. The third kappa shape index (κ3) is 42.2. The molecule has 0 rings (SSSR count). The van der Waals surface area contributed by atoms with E-state index in [2.05, 4.69) is 43.1 Å². The first-order valence-corrected chi connectivity index (χ1v) is 28.2. The summed E-state index contributed by atoms with van der Waals surface area (Å²) < 4.78 is 11.7. The van der Waals surface area contributed by atoms with Gasteiger partial charge in [-0.05, 0) is 138 Å². The van der Waals surface area contributed by atoms with E-state index in [1.807, 2.05) is 39.8 Å². The molecular formula is C57H111N3O6. The van der Waals surface area contributed by atoms with Crippen molar-refractivity contribution in [1.29, 1.82) is 0 Å². The molecule has 9 heteroatoms. The number of carbonyl (C=O) groups excluding carboxylic acids is 3. The zero-order valence-corrected chi connectivity index (χ0v) is 45.1. The Morgan fingerprint density at radius 3 is 1.50 bits per heavy atom. The first kappa shape index (κ1) is 64.0. The number of hydrogen-bond acceptors (Lipinski definition) is 8. The molecule has 66 heavy (non-hydrogen) atoms. The molecule has 0 fully saturated rings. The molecule has 0 aromatic heterocycles. The molecule has 0 saturated carbocycles. The lowest BCUT2D eigenvalue weighted by molar-refractivity contribution is -0.150. The van der Waals surface area contributed by atoms with E-state index in [1.54, 1.807) is 0 Å². The predicted molar refractivity (Wildman–Crippen MR) is 281 cm³/mol. The monoisotopic (exact) mass is 934 g/mol. The molecule has 390 valence electrons. The Morgan fingerprint density at radius 2 is 0.970 bits per heavy atom. The van der Waals surface area contributed by atoms with E-state index in [0.29, 0.717) is 51.7 Å². The zero-order chi connectivity index (χ0) is 48.9. The van der Waals surface area contributed by atoms with Crippen molar-refractivity contribution < 1.29 is 29.0 Å². The highest BCUT2D eigenvalue weighted by molar-refractivity contribution is 5.76. The molecule has 0 saturated heterocycles. The van der Waals surface area contributed by atoms with E-state index < -0.39 is 12.3 Å². The Labute approximate surface area is 409 Å². The van der Waals surface area contributed by atoms with Crippen LogP contribution in [0.5, 0.6) is 0 Å². The highest BCUT2D eigenvalue weighted by Gasteiger charge is 2.31. The molecule has 0 heterocycles. The first-order chi connectivity index (χ1) is 31.8. The van der Waals surface area contributed by atoms with Gasteiger partial charge in [0, 0.05) is 31.3 Å². The summed E-state index contributed by atoms with van der Waals surface area (Å²) in [5, 5.41) is 14.9. The van der Waals surface area contributed by atoms with E-state index in [4.69, 9.17) is 9.47 Å². The Kier molecular flexibility index (Phi) is 44.1. The van der Waals surface area contributed by atoms with E-state index in [0.717, 1.165) is 83.6 Å². The number of aliphatic hydroxyl groups excluding tert-OH is 1. The van der Waals surface area contributed by atoms with Gasteiger partial charge in [0.15, 0.2) is 0 Å². The Balaban J connectivity index is 4.96. The Morgan fingerprint density at radius 1 is 0.530 bits per heavy atom. The minimum atomic E-state index is -0.886. The largest absolute Gasteiger partial charge is 0.466 e. The summed E-state index contributed by atoms with van der Waals surface area (Å²) >= 11 is 0. The van der Waals surface area contributed by atoms with Crippen LogP contribution < -0.4 is 5.32 Å². The average Bonchev–Trinajstić information content (AvgIpc) is 3.26. The van der Waals surface area contributed by atoms with Crippen LogP contribution in [0.25, 0.3) is 0 Å². The van der Waals surface area contributed by atoms with E-state index in [-0.39, 0.29) is 29.5 Å². The number of ether oxygens (including phenoxy) is 2. The summed E-state index contributed by atoms with van der Waals surface area (Å²) in [6, 6.07) is -0.391. The van der Waals surface area contributed by atoms with Gasteiger partial charge in [-0.2, -0.15) is 0 Å². The quantitative estimate of drug-likeness (QED) is 0.0269. The van der Waals surface area contributed by atoms with Gasteiger partial charge >= 0.3 is 11.9 Å². The van der Waals surface area contributed by atoms with Crippen LogP contribution >= 0.6 is 0 Å². The zero-order valence-electron chi connectivity index (χ0n) is 45.1. The van der Waals surface area contributed by atoms with Gasteiger partial charge in [-0.3, -0.25) is 19.7 Å². The molecule has 0 aromatic rings. The molecule has 0 aliphatic rings. The molecule has 0 radical (unpaired) electrons. The minimum Gasteiger partial charge on any atom is -0.466 e. The van der Waals surface area contributed by atoms with Gasteiger partial charge in [-0.25, -0.2) is 0 Å². The van der Waals surface area contributed by atoms with Gasteiger partial charge in [0.05, 0.1) is 12.6 Å². The van der Waals surface area contributed by atoms with Crippen LogP contribution in [0, 0.1) is 0 Å². The third-order valence-electron chi connectivity index (χ3n) is 12.8. The number of allylic oxidation sites excluding steroid dienone is 2. The van der Waals surface area contributed by atoms with Gasteiger partial charge in [-0.15, -0.1) is 0 Å². The maximum atomic E-state index is 14.0. The topological polar surface area (TPSA) is 108 Å². The molecule has 2 N–H and O–H groups in total. The standard InChI is InChI=1S/C57H111N3O6/c1-9-12-15-18-21-22-23-24-25-26-27-28-29-32-37-46-54(62)65-50-40-33-36-44-52(56(64)58-57(4,5)6)60(49-41-48-59(7)8)53(61)45-38-39-47-55(63)66-51(42-34-30-19-16-13-10-2)43-35-31-20-17-14-11-3/h24-25,51-52,56,58,64H,9-23,26-50H2,1-8H3/b25-24-. The molecular weight excluding hydrogens is 823 g/mol. The van der Waals surface area contributed by atoms with Crippen molar-refractivity contribution in [2.24, 2.45) is 0 Å². The Bertz CT molecular complexity index is 1120. The number of nitrogens with zero attached hydrogens (tertiary/aromatic N) is 2. The molecule has 1 amide bonds. The van der Waals surface area contributed by atoms with E-state index >= 15 is 0 Å². The molecule has 0 spiro atoms. The van der Waals surface area contributed by atoms with Crippen LogP contribution in [0.3, 0.4) is 0 Å². The first-order valence-electron chi connectivity index (χ1n) is 28.2. The summed E-state index contributed by atoms with van der Waals surface area (Å²) in [6.45, 7) is 14.6. The Hall–Kier alpha value is -1.97. The van der Waals surface area contributed by atoms with Crippen molar-refractivity contribution in [1.82, 2.24) is 15.1 Å². The van der Waals surface area contributed by atoms with Gasteiger partial charge < -0.3 is 24.4 Å². The number of esters is 2. The summed E-state index contributed by atoms with van der Waals surface area (Å²) in [7, 11) is 4.08. The van der Waals surface area contributed by atoms with Crippen LogP contribution in [0.1, 0.15) is 279 Å². The maximum Gasteiger partial charge on any atom is 0.306 e. The lowest BCUT2D eigenvalue weighted by Crippen LogP contribution is -2.57. The van der Waals surface area contributed by atoms with Crippen LogP contribution in [0.15, 0.2) is 12.2 Å². The van der Waals surface area contributed by atoms with Crippen molar-refractivity contribution in [3.63, 3.8) is 0 Å². The van der Waals surface area contributed by atoms with Crippen molar-refractivity contribution in [2.45, 2.75) is 303 Å². The van der Waals surface area contributed by atoms with Crippen molar-refractivity contribution in [3.8, 4) is 0 Å². The second kappa shape index (κ2) is 45.5. The highest BCUT2D eigenvalue weighted by atomic mass is 16.5. The number of aliphatic hydroxyl groups is 1. The molecule has 2 atom stereocenters. The van der Waals surface area contributed by atoms with Crippen LogP contribution in [-0.4, -0.2) is 90.5 Å². The average molecular weight is 935 g/mol. The second-order valence-corrected chi connectivity index (χ2v) is 21.0. The molecule has 2 unspecified atom stereocenters. The summed E-state index contributed by atoms with van der Waals surface area (Å²) in [4.78, 5) is 43.6. The van der Waals surface area contributed by atoms with Crippen LogP contribution in [0.4, 0.5) is 0 Å². The number of rotatable bonds is 48. The van der Waals surface area contributed by atoms with Crippen LogP contribution in [0.2, 0.25) is 0 Å². The van der Waals surface area contributed by atoms with Gasteiger partial charge in [-0.1, -0.05) is 155 Å². The fourth-order valence-electron chi connectivity index (χ4n) is 8.79. The number of hydrogen-bond donors (Lipinski definition) is 2. The third-order valence-corrected chi connectivity index (χ3v) is 12.8. The minimum absolute atomic E-state index is 0.00437. The molecule has 0 aliphatic heterocycles. The second-order valence-electron chi connectivity index (χ2n) is 21.0. The van der Waals surface area contributed by atoms with Crippen molar-refractivity contribution in [3.05, 3.63) is 12.2 Å². The smallest absolute Gasteiger partial charge is 0.306 e. The highest BCUT2D eigenvalue weighted by Crippen LogP contribution is 2.21. The SMILES string of the molecule is CCCCCCCC/C=C\CCCCCCCC(=O)OCCCCCC(C(O)NC(C)(C)C)N(CCCN(C)C)C(=O)CCCCC(=O)OC(CCCCCCCC)CCCCCCCC. The van der Waals surface area contributed by atoms with E-state index in [1.165, 1.54) is 122 Å². The number of nitrogens with one attached hydrogen (secondary N) is 1. The number of amides is 1. The van der Waals surface area contributed by atoms with Gasteiger partial charge in [0.2, 0.25) is 5.91 Å². The molecule has 0 aliphatic carbocycles. The van der Waals surface area contributed by atoms with Crippen molar-refractivity contribution in [2.75, 3.05) is 33.8 Å². The maximum absolute atomic E-state index is 14.0. The molecule has 0 bridgehead atoms. The predicted octanol–water partition coefficient (Wildman–Crippen LogP) is 15.0. The number of unbranched alkanes of at least 4 members (excludes halogenated alkanes) is 24. The summed E-state index contributed by atoms with van der Waals surface area (Å²) in [5.41, 5.74) is -0.337. The summed E-state index contributed by atoms with van der Waals surface area (Å²) in [5.74, 6) is -0.221. The fourth-order valence-corrected chi connectivity index (χ4v) is 8.79. The lowest BCUT2D eigenvalue weighted by atomic mass is 10.0. The fraction of sp³-hybridized carbons (Fsp3) is 0.912. The van der Waals surface area contributed by atoms with Crippen molar-refractivity contribution >= 4 is 17.8 Å².